The van der Waals surface area contributed by atoms with Gasteiger partial charge in [-0.15, -0.1) is 0 Å². The Labute approximate surface area is 129 Å². The molecule has 0 unspecified atom stereocenters. The van der Waals surface area contributed by atoms with Gasteiger partial charge in [0.1, 0.15) is 11.6 Å². The van der Waals surface area contributed by atoms with Gasteiger partial charge < -0.3 is 9.84 Å². The Morgan fingerprint density at radius 3 is 2.76 bits per heavy atom. The Hall–Kier alpha value is -2.21. The maximum absolute atomic E-state index is 13.3. The van der Waals surface area contributed by atoms with Crippen molar-refractivity contribution in [2.75, 3.05) is 0 Å². The standard InChI is InChI=1S/C15H11BrFNO3/c1-9-4-10(2-3-14(19)20)8-18-15(9)21-13-6-11(16)5-12(17)7-13/h2-8H,1H3,(H,19,20)/b3-2+. The Kier molecular flexibility index (Phi) is 4.70. The number of halogens is 2. The third-order valence-electron chi connectivity index (χ3n) is 2.52. The lowest BCUT2D eigenvalue weighted by Gasteiger charge is -2.08. The Balaban J connectivity index is 2.23. The van der Waals surface area contributed by atoms with E-state index in [2.05, 4.69) is 20.9 Å². The number of ether oxygens (including phenoxy) is 1. The van der Waals surface area contributed by atoms with Crippen molar-refractivity contribution in [1.82, 2.24) is 4.98 Å². The Morgan fingerprint density at radius 2 is 2.14 bits per heavy atom. The zero-order valence-corrected chi connectivity index (χ0v) is 12.6. The van der Waals surface area contributed by atoms with Crippen molar-refractivity contribution in [1.29, 1.82) is 0 Å². The van der Waals surface area contributed by atoms with E-state index in [1.54, 1.807) is 19.1 Å². The second-order valence-corrected chi connectivity index (χ2v) is 5.19. The molecule has 0 amide bonds. The second-order valence-electron chi connectivity index (χ2n) is 4.27. The number of rotatable bonds is 4. The molecule has 0 aliphatic rings. The summed E-state index contributed by atoms with van der Waals surface area (Å²) in [4.78, 5) is 14.6. The molecule has 1 aromatic carbocycles. The van der Waals surface area contributed by atoms with Gasteiger partial charge in [0.15, 0.2) is 0 Å². The summed E-state index contributed by atoms with van der Waals surface area (Å²) in [6.07, 6.45) is 3.95. The molecule has 0 fully saturated rings. The predicted octanol–water partition coefficient (Wildman–Crippen LogP) is 4.18. The fourth-order valence-electron chi connectivity index (χ4n) is 1.65. The summed E-state index contributed by atoms with van der Waals surface area (Å²) in [5.74, 6) is -0.790. The van der Waals surface area contributed by atoms with Crippen molar-refractivity contribution >= 4 is 28.0 Å². The summed E-state index contributed by atoms with van der Waals surface area (Å²) < 4.78 is 19.4. The molecule has 0 bridgehead atoms. The first-order valence-corrected chi connectivity index (χ1v) is 6.75. The number of carboxylic acid groups (broad SMARTS) is 1. The lowest BCUT2D eigenvalue weighted by atomic mass is 10.2. The summed E-state index contributed by atoms with van der Waals surface area (Å²) in [5, 5.41) is 8.57. The molecule has 108 valence electrons. The molecule has 4 nitrogen and oxygen atoms in total. The van der Waals surface area contributed by atoms with Crippen LogP contribution in [0, 0.1) is 12.7 Å². The average Bonchev–Trinajstić information content (AvgIpc) is 2.38. The molecule has 21 heavy (non-hydrogen) atoms. The molecular formula is C15H11BrFNO3. The largest absolute Gasteiger partial charge is 0.478 e. The van der Waals surface area contributed by atoms with Crippen molar-refractivity contribution in [2.24, 2.45) is 0 Å². The van der Waals surface area contributed by atoms with Crippen LogP contribution in [0.1, 0.15) is 11.1 Å². The van der Waals surface area contributed by atoms with Gasteiger partial charge in [-0.05, 0) is 36.8 Å². The van der Waals surface area contributed by atoms with E-state index in [1.165, 1.54) is 24.4 Å². The number of hydrogen-bond acceptors (Lipinski definition) is 3. The Morgan fingerprint density at radius 1 is 1.38 bits per heavy atom. The fourth-order valence-corrected chi connectivity index (χ4v) is 2.09. The molecule has 0 aliphatic carbocycles. The number of aliphatic carboxylic acids is 1. The van der Waals surface area contributed by atoms with Gasteiger partial charge in [-0.25, -0.2) is 14.2 Å². The van der Waals surface area contributed by atoms with Gasteiger partial charge in [0.2, 0.25) is 5.88 Å². The van der Waals surface area contributed by atoms with E-state index >= 15 is 0 Å². The molecule has 2 rings (SSSR count). The van der Waals surface area contributed by atoms with Crippen LogP contribution in [0.15, 0.2) is 41.0 Å². The number of carbonyl (C=O) groups is 1. The number of carboxylic acids is 1. The predicted molar refractivity (Wildman–Crippen MR) is 79.8 cm³/mol. The molecule has 0 radical (unpaired) electrons. The highest BCUT2D eigenvalue weighted by atomic mass is 79.9. The second kappa shape index (κ2) is 6.49. The van der Waals surface area contributed by atoms with E-state index in [-0.39, 0.29) is 0 Å². The number of aromatic nitrogens is 1. The average molecular weight is 352 g/mol. The highest BCUT2D eigenvalue weighted by Crippen LogP contribution is 2.27. The topological polar surface area (TPSA) is 59.4 Å². The highest BCUT2D eigenvalue weighted by molar-refractivity contribution is 9.10. The fraction of sp³-hybridized carbons (Fsp3) is 0.0667. The molecule has 1 heterocycles. The minimum absolute atomic E-state index is 0.325. The van der Waals surface area contributed by atoms with E-state index in [0.29, 0.717) is 27.2 Å². The van der Waals surface area contributed by atoms with Crippen LogP contribution in [0.25, 0.3) is 6.08 Å². The summed E-state index contributed by atoms with van der Waals surface area (Å²) in [5.41, 5.74) is 1.35. The normalized spacial score (nSPS) is 10.8. The first kappa shape index (κ1) is 15.2. The highest BCUT2D eigenvalue weighted by Gasteiger charge is 2.06. The first-order valence-electron chi connectivity index (χ1n) is 5.95. The lowest BCUT2D eigenvalue weighted by molar-refractivity contribution is -0.131. The molecule has 0 saturated carbocycles. The number of aryl methyl sites for hydroxylation is 1. The molecule has 1 aromatic heterocycles. The van der Waals surface area contributed by atoms with Crippen LogP contribution in [0.3, 0.4) is 0 Å². The lowest BCUT2D eigenvalue weighted by Crippen LogP contribution is -1.93. The molecular weight excluding hydrogens is 341 g/mol. The third kappa shape index (κ3) is 4.39. The van der Waals surface area contributed by atoms with Crippen molar-refractivity contribution < 1.29 is 19.0 Å². The summed E-state index contributed by atoms with van der Waals surface area (Å²) in [7, 11) is 0. The zero-order valence-electron chi connectivity index (χ0n) is 11.0. The van der Waals surface area contributed by atoms with Crippen molar-refractivity contribution in [2.45, 2.75) is 6.92 Å². The quantitative estimate of drug-likeness (QED) is 0.839. The van der Waals surface area contributed by atoms with E-state index in [9.17, 15) is 9.18 Å². The monoisotopic (exact) mass is 351 g/mol. The molecule has 6 heteroatoms. The first-order chi connectivity index (χ1) is 9.94. The smallest absolute Gasteiger partial charge is 0.328 e. The number of nitrogens with zero attached hydrogens (tertiary/aromatic N) is 1. The number of benzene rings is 1. The van der Waals surface area contributed by atoms with Gasteiger partial charge in [0.05, 0.1) is 0 Å². The SMILES string of the molecule is Cc1cc(/C=C/C(=O)O)cnc1Oc1cc(F)cc(Br)c1. The van der Waals surface area contributed by atoms with Crippen molar-refractivity contribution in [3.05, 3.63) is 58.0 Å². The molecule has 0 spiro atoms. The van der Waals surface area contributed by atoms with Crippen LogP contribution in [0.2, 0.25) is 0 Å². The summed E-state index contributed by atoms with van der Waals surface area (Å²) >= 11 is 3.19. The van der Waals surface area contributed by atoms with Crippen LogP contribution in [-0.2, 0) is 4.79 Å². The molecule has 0 saturated heterocycles. The minimum Gasteiger partial charge on any atom is -0.478 e. The van der Waals surface area contributed by atoms with Gasteiger partial charge >= 0.3 is 5.97 Å². The molecule has 0 aliphatic heterocycles. The van der Waals surface area contributed by atoms with Crippen LogP contribution in [0.5, 0.6) is 11.6 Å². The maximum Gasteiger partial charge on any atom is 0.328 e. The van der Waals surface area contributed by atoms with E-state index in [4.69, 9.17) is 9.84 Å². The number of hydrogen-bond donors (Lipinski definition) is 1. The maximum atomic E-state index is 13.3. The molecule has 1 N–H and O–H groups in total. The van der Waals surface area contributed by atoms with E-state index < -0.39 is 11.8 Å². The van der Waals surface area contributed by atoms with Gasteiger partial charge in [0, 0.05) is 28.4 Å². The van der Waals surface area contributed by atoms with Crippen LogP contribution in [0.4, 0.5) is 4.39 Å². The third-order valence-corrected chi connectivity index (χ3v) is 2.98. The van der Waals surface area contributed by atoms with Crippen LogP contribution < -0.4 is 4.74 Å². The molecule has 2 aromatic rings. The summed E-state index contributed by atoms with van der Waals surface area (Å²) in [6.45, 7) is 1.77. The van der Waals surface area contributed by atoms with Crippen LogP contribution >= 0.6 is 15.9 Å². The van der Waals surface area contributed by atoms with Gasteiger partial charge in [0.25, 0.3) is 0 Å². The van der Waals surface area contributed by atoms with Gasteiger partial charge in [-0.3, -0.25) is 0 Å². The molecule has 0 atom stereocenters. The van der Waals surface area contributed by atoms with Crippen molar-refractivity contribution in [3.8, 4) is 11.6 Å². The van der Waals surface area contributed by atoms with E-state index in [1.807, 2.05) is 0 Å². The number of pyridine rings is 1. The minimum atomic E-state index is -1.03. The summed E-state index contributed by atoms with van der Waals surface area (Å²) in [6, 6.07) is 5.94. The van der Waals surface area contributed by atoms with Gasteiger partial charge in [-0.1, -0.05) is 15.9 Å². The van der Waals surface area contributed by atoms with Crippen LogP contribution in [-0.4, -0.2) is 16.1 Å². The van der Waals surface area contributed by atoms with E-state index in [0.717, 1.165) is 6.08 Å². The Bertz CT molecular complexity index is 696. The van der Waals surface area contributed by atoms with Crippen molar-refractivity contribution in [3.63, 3.8) is 0 Å². The zero-order chi connectivity index (χ0) is 15.4. The van der Waals surface area contributed by atoms with Gasteiger partial charge in [-0.2, -0.15) is 0 Å².